The van der Waals surface area contributed by atoms with Gasteiger partial charge in [-0.15, -0.1) is 0 Å². The van der Waals surface area contributed by atoms with E-state index >= 15 is 0 Å². The minimum Gasteiger partial charge on any atom is -0.489 e. The van der Waals surface area contributed by atoms with Gasteiger partial charge >= 0.3 is 5.97 Å². The second-order valence-electron chi connectivity index (χ2n) is 10.2. The van der Waals surface area contributed by atoms with Crippen LogP contribution in [0.5, 0.6) is 5.75 Å². The third-order valence-corrected chi connectivity index (χ3v) is 8.53. The van der Waals surface area contributed by atoms with Gasteiger partial charge in [-0.05, 0) is 73.6 Å². The van der Waals surface area contributed by atoms with Crippen molar-refractivity contribution in [3.05, 3.63) is 104 Å². The Labute approximate surface area is 240 Å². The number of aromatic nitrogens is 1. The van der Waals surface area contributed by atoms with Gasteiger partial charge in [0.05, 0.1) is 31.8 Å². The van der Waals surface area contributed by atoms with Gasteiger partial charge < -0.3 is 19.5 Å². The molecule has 2 aliphatic rings. The van der Waals surface area contributed by atoms with Crippen LogP contribution in [0.25, 0.3) is 11.3 Å². The van der Waals surface area contributed by atoms with Gasteiger partial charge in [0.15, 0.2) is 0 Å². The van der Waals surface area contributed by atoms with E-state index in [9.17, 15) is 9.90 Å². The van der Waals surface area contributed by atoms with Crippen molar-refractivity contribution in [1.29, 1.82) is 0 Å². The van der Waals surface area contributed by atoms with E-state index in [1.165, 1.54) is 0 Å². The van der Waals surface area contributed by atoms with E-state index in [2.05, 4.69) is 5.16 Å². The summed E-state index contributed by atoms with van der Waals surface area (Å²) in [5.74, 6) is 0.798. The molecule has 0 unspecified atom stereocenters. The maximum Gasteiger partial charge on any atom is 0.335 e. The smallest absolute Gasteiger partial charge is 0.335 e. The first kappa shape index (κ1) is 26.2. The molecule has 39 heavy (non-hydrogen) atoms. The molecule has 1 heterocycles. The van der Waals surface area contributed by atoms with Crippen molar-refractivity contribution in [1.82, 2.24) is 5.16 Å². The molecule has 2 fully saturated rings. The summed E-state index contributed by atoms with van der Waals surface area (Å²) in [4.78, 5) is 11.1. The summed E-state index contributed by atoms with van der Waals surface area (Å²) >= 11 is 19.5. The average molecular weight is 585 g/mol. The van der Waals surface area contributed by atoms with E-state index in [0.717, 1.165) is 29.7 Å². The summed E-state index contributed by atoms with van der Waals surface area (Å²) in [7, 11) is 0. The Bertz CT molecular complexity index is 1540. The van der Waals surface area contributed by atoms with Crippen LogP contribution in [0.15, 0.2) is 65.2 Å². The van der Waals surface area contributed by atoms with Crippen LogP contribution in [0.4, 0.5) is 0 Å². The molecule has 200 valence electrons. The molecule has 6 nitrogen and oxygen atoms in total. The summed E-state index contributed by atoms with van der Waals surface area (Å²) in [6.45, 7) is 0.195. The van der Waals surface area contributed by atoms with E-state index in [1.807, 2.05) is 0 Å². The Kier molecular flexibility index (Phi) is 6.84. The number of carboxylic acid groups (broad SMARTS) is 1. The molecule has 1 aromatic heterocycles. The molecule has 2 aliphatic carbocycles. The molecule has 9 heteroatoms. The number of ether oxygens (including phenoxy) is 1. The number of hydrogen-bond acceptors (Lipinski definition) is 5. The van der Waals surface area contributed by atoms with E-state index in [-0.39, 0.29) is 18.1 Å². The Morgan fingerprint density at radius 3 is 2.28 bits per heavy atom. The van der Waals surface area contributed by atoms with Gasteiger partial charge in [0, 0.05) is 17.0 Å². The number of benzene rings is 3. The lowest BCUT2D eigenvalue weighted by atomic mass is 9.65. The molecular weight excluding hydrogens is 561 g/mol. The number of rotatable bonds is 8. The summed E-state index contributed by atoms with van der Waals surface area (Å²) in [6, 6.07) is 17.4. The van der Waals surface area contributed by atoms with Crippen molar-refractivity contribution in [2.24, 2.45) is 0 Å². The molecule has 0 aliphatic heterocycles. The molecule has 3 aromatic carbocycles. The van der Waals surface area contributed by atoms with Crippen LogP contribution in [0.2, 0.25) is 15.1 Å². The fraction of sp³-hybridized carbons (Fsp3) is 0.267. The summed E-state index contributed by atoms with van der Waals surface area (Å²) in [5, 5.41) is 26.0. The Morgan fingerprint density at radius 1 is 0.974 bits per heavy atom. The molecule has 0 radical (unpaired) electrons. The quantitative estimate of drug-likeness (QED) is 0.217. The van der Waals surface area contributed by atoms with Gasteiger partial charge in [-0.1, -0.05) is 64.2 Å². The highest BCUT2D eigenvalue weighted by Gasteiger charge is 2.45. The Morgan fingerprint density at radius 2 is 1.67 bits per heavy atom. The molecule has 0 bridgehead atoms. The zero-order valence-electron chi connectivity index (χ0n) is 20.7. The predicted molar refractivity (Wildman–Crippen MR) is 149 cm³/mol. The highest BCUT2D eigenvalue weighted by atomic mass is 35.5. The standard InChI is InChI=1S/C30H24Cl3NO5/c31-23-2-1-3-24(32)26(23)27-21(28(39-34-27)17-6-7-17)15-38-20-10-11-22(25(33)12-20)30(37)13-19(14-30)16-4-8-18(9-5-16)29(35)36/h1-5,8-12,17,19,37H,6-7,13-15H2,(H,35,36)/t19-,30-. The third kappa shape index (κ3) is 5.03. The van der Waals surface area contributed by atoms with Crippen LogP contribution in [0.1, 0.15) is 70.3 Å². The minimum absolute atomic E-state index is 0.120. The number of nitrogens with zero attached hydrogens (tertiary/aromatic N) is 1. The maximum absolute atomic E-state index is 11.3. The summed E-state index contributed by atoms with van der Waals surface area (Å²) in [6.07, 6.45) is 3.04. The summed E-state index contributed by atoms with van der Waals surface area (Å²) < 4.78 is 11.8. The van der Waals surface area contributed by atoms with Crippen LogP contribution in [-0.4, -0.2) is 21.3 Å². The lowest BCUT2D eigenvalue weighted by Gasteiger charge is -2.44. The monoisotopic (exact) mass is 583 g/mol. The van der Waals surface area contributed by atoms with Crippen molar-refractivity contribution < 1.29 is 24.3 Å². The third-order valence-electron chi connectivity index (χ3n) is 7.59. The zero-order valence-corrected chi connectivity index (χ0v) is 22.9. The first-order valence-corrected chi connectivity index (χ1v) is 13.8. The van der Waals surface area contributed by atoms with Gasteiger partial charge in [0.1, 0.15) is 23.8 Å². The number of hydrogen-bond donors (Lipinski definition) is 2. The molecule has 0 amide bonds. The highest BCUT2D eigenvalue weighted by Crippen LogP contribution is 2.53. The summed E-state index contributed by atoms with van der Waals surface area (Å²) in [5.41, 5.74) is 2.81. The van der Waals surface area contributed by atoms with E-state index in [0.29, 0.717) is 56.4 Å². The van der Waals surface area contributed by atoms with Gasteiger partial charge in [-0.2, -0.15) is 0 Å². The van der Waals surface area contributed by atoms with Crippen LogP contribution in [-0.2, 0) is 12.2 Å². The second-order valence-corrected chi connectivity index (χ2v) is 11.5. The SMILES string of the molecule is O=C(O)c1ccc([C@H]2C[C@@](O)(c3ccc(OCc4c(-c5c(Cl)cccc5Cl)noc4C4CC4)cc3Cl)C2)cc1. The van der Waals surface area contributed by atoms with Crippen molar-refractivity contribution in [2.75, 3.05) is 0 Å². The van der Waals surface area contributed by atoms with Gasteiger partial charge in [-0.3, -0.25) is 0 Å². The minimum atomic E-state index is -1.06. The number of aromatic carboxylic acids is 1. The van der Waals surface area contributed by atoms with E-state index in [4.69, 9.17) is 49.2 Å². The van der Waals surface area contributed by atoms with Crippen LogP contribution >= 0.6 is 34.8 Å². The van der Waals surface area contributed by atoms with Gasteiger partial charge in [0.25, 0.3) is 0 Å². The van der Waals surface area contributed by atoms with Crippen molar-refractivity contribution in [2.45, 2.75) is 49.7 Å². The Balaban J connectivity index is 1.18. The van der Waals surface area contributed by atoms with Crippen LogP contribution in [0, 0.1) is 0 Å². The largest absolute Gasteiger partial charge is 0.489 e. The predicted octanol–water partition coefficient (Wildman–Crippen LogP) is 8.22. The first-order valence-electron chi connectivity index (χ1n) is 12.6. The number of carboxylic acids is 1. The molecule has 2 N–H and O–H groups in total. The second kappa shape index (κ2) is 10.2. The topological polar surface area (TPSA) is 92.8 Å². The highest BCUT2D eigenvalue weighted by molar-refractivity contribution is 6.39. The van der Waals surface area contributed by atoms with Crippen LogP contribution in [0.3, 0.4) is 0 Å². The molecule has 0 atom stereocenters. The maximum atomic E-state index is 11.3. The molecule has 6 rings (SSSR count). The number of halogens is 3. The van der Waals surface area contributed by atoms with E-state index < -0.39 is 11.6 Å². The van der Waals surface area contributed by atoms with E-state index in [1.54, 1.807) is 60.7 Å². The molecule has 0 saturated heterocycles. The van der Waals surface area contributed by atoms with Gasteiger partial charge in [0.2, 0.25) is 0 Å². The fourth-order valence-corrected chi connectivity index (χ4v) is 6.20. The zero-order chi connectivity index (χ0) is 27.3. The van der Waals surface area contributed by atoms with Crippen LogP contribution < -0.4 is 4.74 Å². The molecular formula is C30H24Cl3NO5. The van der Waals surface area contributed by atoms with Crippen molar-refractivity contribution >= 4 is 40.8 Å². The lowest BCUT2D eigenvalue weighted by molar-refractivity contribution is -0.0549. The van der Waals surface area contributed by atoms with Gasteiger partial charge in [-0.25, -0.2) is 4.79 Å². The molecule has 4 aromatic rings. The average Bonchev–Trinajstić information content (AvgIpc) is 3.66. The lowest BCUT2D eigenvalue weighted by Crippen LogP contribution is -2.40. The number of carbonyl (C=O) groups is 1. The molecule has 0 spiro atoms. The van der Waals surface area contributed by atoms with Crippen molar-refractivity contribution in [3.63, 3.8) is 0 Å². The number of aliphatic hydroxyl groups is 1. The fourth-order valence-electron chi connectivity index (χ4n) is 5.28. The first-order chi connectivity index (χ1) is 18.7. The normalized spacial score (nSPS) is 20.5. The molecule has 2 saturated carbocycles. The van der Waals surface area contributed by atoms with Crippen molar-refractivity contribution in [3.8, 4) is 17.0 Å². The Hall–Kier alpha value is -3.03.